The number of anilines is 1. The second-order valence-electron chi connectivity index (χ2n) is 5.45. The van der Waals surface area contributed by atoms with Gasteiger partial charge in [-0.05, 0) is 36.2 Å². The number of para-hydroxylation sites is 1. The molecule has 0 atom stereocenters. The second kappa shape index (κ2) is 8.31. The van der Waals surface area contributed by atoms with Gasteiger partial charge in [0.1, 0.15) is 12.4 Å². The van der Waals surface area contributed by atoms with Gasteiger partial charge >= 0.3 is 0 Å². The van der Waals surface area contributed by atoms with Crippen molar-refractivity contribution < 1.29 is 17.6 Å². The summed E-state index contributed by atoms with van der Waals surface area (Å²) in [7, 11) is -3.80. The molecule has 0 spiro atoms. The molecular formula is C17H18ClFN2O3S. The van der Waals surface area contributed by atoms with Crippen LogP contribution in [0.1, 0.15) is 5.56 Å². The minimum absolute atomic E-state index is 0.157. The van der Waals surface area contributed by atoms with Crippen LogP contribution in [0.25, 0.3) is 0 Å². The zero-order chi connectivity index (χ0) is 18.4. The number of benzene rings is 2. The molecule has 0 aliphatic carbocycles. The van der Waals surface area contributed by atoms with Crippen molar-refractivity contribution in [1.29, 1.82) is 0 Å². The Bertz CT molecular complexity index is 858. The lowest BCUT2D eigenvalue weighted by Gasteiger charge is -2.22. The summed E-state index contributed by atoms with van der Waals surface area (Å²) in [6, 6.07) is 12.6. The second-order valence-corrected chi connectivity index (χ2v) is 7.79. The quantitative estimate of drug-likeness (QED) is 0.798. The Labute approximate surface area is 151 Å². The summed E-state index contributed by atoms with van der Waals surface area (Å²) in [5, 5.41) is 3.24. The van der Waals surface area contributed by atoms with Gasteiger partial charge in [-0.1, -0.05) is 35.9 Å². The highest BCUT2D eigenvalue weighted by molar-refractivity contribution is 7.92. The van der Waals surface area contributed by atoms with Gasteiger partial charge in [0.15, 0.2) is 0 Å². The molecule has 0 aliphatic heterocycles. The highest BCUT2D eigenvalue weighted by atomic mass is 35.5. The smallest absolute Gasteiger partial charge is 0.240 e. The molecule has 2 rings (SSSR count). The molecule has 5 nitrogen and oxygen atoms in total. The van der Waals surface area contributed by atoms with Gasteiger partial charge in [-0.25, -0.2) is 12.8 Å². The van der Waals surface area contributed by atoms with E-state index in [1.54, 1.807) is 12.1 Å². The topological polar surface area (TPSA) is 66.5 Å². The average Bonchev–Trinajstić information content (AvgIpc) is 2.52. The van der Waals surface area contributed by atoms with E-state index in [1.807, 2.05) is 12.1 Å². The lowest BCUT2D eigenvalue weighted by atomic mass is 10.1. The first-order valence-electron chi connectivity index (χ1n) is 7.51. The predicted molar refractivity (Wildman–Crippen MR) is 96.8 cm³/mol. The molecule has 0 saturated carbocycles. The zero-order valence-electron chi connectivity index (χ0n) is 13.6. The van der Waals surface area contributed by atoms with E-state index in [0.29, 0.717) is 18.0 Å². The van der Waals surface area contributed by atoms with Gasteiger partial charge in [0.25, 0.3) is 0 Å². The number of nitrogens with zero attached hydrogens (tertiary/aromatic N) is 1. The molecular weight excluding hydrogens is 367 g/mol. The molecule has 0 bridgehead atoms. The number of rotatable bonds is 7. The molecule has 2 aromatic rings. The normalized spacial score (nSPS) is 11.2. The van der Waals surface area contributed by atoms with E-state index >= 15 is 0 Å². The third-order valence-corrected chi connectivity index (χ3v) is 4.80. The number of sulfonamides is 1. The predicted octanol–water partition coefficient (Wildman–Crippen LogP) is 2.60. The highest BCUT2D eigenvalue weighted by Crippen LogP contribution is 2.20. The Morgan fingerprint density at radius 1 is 1.20 bits per heavy atom. The van der Waals surface area contributed by atoms with Crippen LogP contribution in [0.4, 0.5) is 10.1 Å². The summed E-state index contributed by atoms with van der Waals surface area (Å²) in [6.07, 6.45) is 1.48. The zero-order valence-corrected chi connectivity index (χ0v) is 15.1. The van der Waals surface area contributed by atoms with Gasteiger partial charge in [-0.2, -0.15) is 0 Å². The van der Waals surface area contributed by atoms with Crippen LogP contribution in [-0.2, 0) is 21.2 Å². The Morgan fingerprint density at radius 3 is 2.56 bits per heavy atom. The number of hydrogen-bond donors (Lipinski definition) is 1. The highest BCUT2D eigenvalue weighted by Gasteiger charge is 2.23. The summed E-state index contributed by atoms with van der Waals surface area (Å²) in [4.78, 5) is 12.1. The van der Waals surface area contributed by atoms with Crippen LogP contribution < -0.4 is 9.62 Å². The molecule has 0 saturated heterocycles. The minimum Gasteiger partial charge on any atom is -0.354 e. The van der Waals surface area contributed by atoms with Crippen molar-refractivity contribution in [1.82, 2.24) is 5.32 Å². The SMILES string of the molecule is CS(=O)(=O)N(CC(=O)NCCc1cccc(Cl)c1)c1ccccc1F. The number of hydrogen-bond acceptors (Lipinski definition) is 3. The monoisotopic (exact) mass is 384 g/mol. The lowest BCUT2D eigenvalue weighted by Crippen LogP contribution is -2.41. The van der Waals surface area contributed by atoms with Crippen LogP contribution in [0, 0.1) is 5.82 Å². The maximum absolute atomic E-state index is 13.9. The number of nitrogens with one attached hydrogen (secondary N) is 1. The van der Waals surface area contributed by atoms with E-state index < -0.39 is 28.3 Å². The molecule has 134 valence electrons. The van der Waals surface area contributed by atoms with Gasteiger partial charge in [-0.15, -0.1) is 0 Å². The molecule has 25 heavy (non-hydrogen) atoms. The van der Waals surface area contributed by atoms with Crippen LogP contribution >= 0.6 is 11.6 Å². The van der Waals surface area contributed by atoms with E-state index in [4.69, 9.17) is 11.6 Å². The van der Waals surface area contributed by atoms with Crippen LogP contribution in [0.15, 0.2) is 48.5 Å². The third-order valence-electron chi connectivity index (χ3n) is 3.43. The van der Waals surface area contributed by atoms with E-state index in [1.165, 1.54) is 18.2 Å². The summed E-state index contributed by atoms with van der Waals surface area (Å²) in [6.45, 7) is -0.177. The largest absolute Gasteiger partial charge is 0.354 e. The van der Waals surface area contributed by atoms with E-state index in [2.05, 4.69) is 5.32 Å². The van der Waals surface area contributed by atoms with Crippen LogP contribution in [0.2, 0.25) is 5.02 Å². The molecule has 0 aromatic heterocycles. The maximum Gasteiger partial charge on any atom is 0.240 e. The van der Waals surface area contributed by atoms with Crippen molar-refractivity contribution >= 4 is 33.2 Å². The fourth-order valence-electron chi connectivity index (χ4n) is 2.26. The Kier molecular flexibility index (Phi) is 6.39. The fraction of sp³-hybridized carbons (Fsp3) is 0.235. The minimum atomic E-state index is -3.80. The van der Waals surface area contributed by atoms with Gasteiger partial charge in [-0.3, -0.25) is 9.10 Å². The molecule has 8 heteroatoms. The maximum atomic E-state index is 13.9. The molecule has 1 N–H and O–H groups in total. The van der Waals surface area contributed by atoms with E-state index in [0.717, 1.165) is 22.2 Å². The number of halogens is 2. The molecule has 0 heterocycles. The first kappa shape index (κ1) is 19.2. The van der Waals surface area contributed by atoms with Gasteiger partial charge < -0.3 is 5.32 Å². The van der Waals surface area contributed by atoms with E-state index in [9.17, 15) is 17.6 Å². The molecule has 0 radical (unpaired) electrons. The summed E-state index contributed by atoms with van der Waals surface area (Å²) in [5.74, 6) is -1.23. The van der Waals surface area contributed by atoms with E-state index in [-0.39, 0.29) is 5.69 Å². The fourth-order valence-corrected chi connectivity index (χ4v) is 3.33. The van der Waals surface area contributed by atoms with Gasteiger partial charge in [0, 0.05) is 11.6 Å². The van der Waals surface area contributed by atoms with Crippen molar-refractivity contribution in [2.75, 3.05) is 23.7 Å². The van der Waals surface area contributed by atoms with Crippen LogP contribution in [0.3, 0.4) is 0 Å². The van der Waals surface area contributed by atoms with Crippen molar-refractivity contribution in [2.24, 2.45) is 0 Å². The standard InChI is InChI=1S/C17H18ClFN2O3S/c1-25(23,24)21(16-8-3-2-7-15(16)19)12-17(22)20-10-9-13-5-4-6-14(18)11-13/h2-8,11H,9-10,12H2,1H3,(H,20,22). The Morgan fingerprint density at radius 2 is 1.92 bits per heavy atom. The van der Waals surface area contributed by atoms with Crippen LogP contribution in [-0.4, -0.2) is 33.7 Å². The van der Waals surface area contributed by atoms with Crippen molar-refractivity contribution in [3.63, 3.8) is 0 Å². The van der Waals surface area contributed by atoms with Crippen molar-refractivity contribution in [2.45, 2.75) is 6.42 Å². The van der Waals surface area contributed by atoms with Gasteiger partial charge in [0.05, 0.1) is 11.9 Å². The van der Waals surface area contributed by atoms with Crippen molar-refractivity contribution in [3.05, 3.63) is 64.9 Å². The molecule has 0 unspecified atom stereocenters. The number of carbonyl (C=O) groups excluding carboxylic acids is 1. The average molecular weight is 385 g/mol. The Hall–Kier alpha value is -2.12. The molecule has 2 aromatic carbocycles. The van der Waals surface area contributed by atoms with Crippen LogP contribution in [0.5, 0.6) is 0 Å². The summed E-state index contributed by atoms with van der Waals surface area (Å²) in [5.41, 5.74) is 0.789. The third kappa shape index (κ3) is 5.72. The molecule has 0 fully saturated rings. The Balaban J connectivity index is 2.00. The first-order valence-corrected chi connectivity index (χ1v) is 9.73. The number of carbonyl (C=O) groups is 1. The summed E-state index contributed by atoms with van der Waals surface area (Å²) < 4.78 is 38.5. The van der Waals surface area contributed by atoms with Gasteiger partial charge in [0.2, 0.25) is 15.9 Å². The lowest BCUT2D eigenvalue weighted by molar-refractivity contribution is -0.119. The molecule has 1 amide bonds. The number of amides is 1. The molecule has 0 aliphatic rings. The van der Waals surface area contributed by atoms with Crippen molar-refractivity contribution in [3.8, 4) is 0 Å². The first-order chi connectivity index (χ1) is 11.8. The summed E-state index contributed by atoms with van der Waals surface area (Å²) >= 11 is 5.89.